The number of rotatable bonds is 3. The standard InChI is InChI=1S/C14H24N4O2S/c1-16-9-13(8-15-16)10-17-6-3-4-14(11-17)5-7-18(12-14)21(2,19)20/h8-9H,3-7,10-12H2,1-2H3/t14-/m1/s1. The number of hydrogen-bond donors (Lipinski definition) is 0. The van der Waals surface area contributed by atoms with Crippen LogP contribution >= 0.6 is 0 Å². The Morgan fingerprint density at radius 3 is 2.71 bits per heavy atom. The first-order valence-electron chi connectivity index (χ1n) is 7.51. The third kappa shape index (κ3) is 3.30. The van der Waals surface area contributed by atoms with Gasteiger partial charge in [0.2, 0.25) is 10.0 Å². The minimum atomic E-state index is -3.05. The number of likely N-dealkylation sites (tertiary alicyclic amines) is 1. The second-order valence-electron chi connectivity index (χ2n) is 6.68. The molecule has 0 saturated carbocycles. The molecule has 2 aliphatic rings. The van der Waals surface area contributed by atoms with Crippen LogP contribution in [0.2, 0.25) is 0 Å². The van der Waals surface area contributed by atoms with Gasteiger partial charge in [-0.25, -0.2) is 12.7 Å². The van der Waals surface area contributed by atoms with Gasteiger partial charge >= 0.3 is 0 Å². The minimum absolute atomic E-state index is 0.156. The van der Waals surface area contributed by atoms with Crippen LogP contribution < -0.4 is 0 Å². The highest BCUT2D eigenvalue weighted by molar-refractivity contribution is 7.88. The molecule has 2 aliphatic heterocycles. The highest BCUT2D eigenvalue weighted by Crippen LogP contribution is 2.40. The third-order valence-corrected chi connectivity index (χ3v) is 6.03. The molecule has 21 heavy (non-hydrogen) atoms. The van der Waals surface area contributed by atoms with Crippen LogP contribution in [0.1, 0.15) is 24.8 Å². The molecule has 3 heterocycles. The fraction of sp³-hybridized carbons (Fsp3) is 0.786. The first kappa shape index (κ1) is 15.0. The van der Waals surface area contributed by atoms with Crippen LogP contribution in [0.4, 0.5) is 0 Å². The molecule has 7 heteroatoms. The van der Waals surface area contributed by atoms with Gasteiger partial charge < -0.3 is 0 Å². The van der Waals surface area contributed by atoms with Gasteiger partial charge in [-0.15, -0.1) is 0 Å². The summed E-state index contributed by atoms with van der Waals surface area (Å²) in [4.78, 5) is 2.45. The van der Waals surface area contributed by atoms with E-state index in [-0.39, 0.29) is 5.41 Å². The monoisotopic (exact) mass is 312 g/mol. The van der Waals surface area contributed by atoms with Gasteiger partial charge in [0, 0.05) is 45.0 Å². The molecule has 2 fully saturated rings. The molecule has 0 radical (unpaired) electrons. The van der Waals surface area contributed by atoms with Gasteiger partial charge in [-0.1, -0.05) is 0 Å². The van der Waals surface area contributed by atoms with Crippen molar-refractivity contribution in [1.29, 1.82) is 0 Å². The average molecular weight is 312 g/mol. The zero-order valence-electron chi connectivity index (χ0n) is 12.8. The molecule has 1 atom stereocenters. The maximum Gasteiger partial charge on any atom is 0.211 e. The molecule has 1 spiro atoms. The normalized spacial score (nSPS) is 28.5. The Kier molecular flexibility index (Phi) is 3.83. The van der Waals surface area contributed by atoms with E-state index in [0.29, 0.717) is 13.1 Å². The molecule has 118 valence electrons. The predicted octanol–water partition coefficient (Wildman–Crippen LogP) is 0.668. The van der Waals surface area contributed by atoms with E-state index >= 15 is 0 Å². The summed E-state index contributed by atoms with van der Waals surface area (Å²) in [5, 5.41) is 4.22. The van der Waals surface area contributed by atoms with E-state index in [4.69, 9.17) is 0 Å². The van der Waals surface area contributed by atoms with Crippen molar-refractivity contribution in [2.45, 2.75) is 25.8 Å². The van der Waals surface area contributed by atoms with E-state index in [1.54, 1.807) is 4.31 Å². The Labute approximate surface area is 126 Å². The highest BCUT2D eigenvalue weighted by Gasteiger charge is 2.43. The van der Waals surface area contributed by atoms with Crippen molar-refractivity contribution in [1.82, 2.24) is 19.0 Å². The van der Waals surface area contributed by atoms with E-state index in [1.807, 2.05) is 17.9 Å². The first-order valence-corrected chi connectivity index (χ1v) is 9.36. The summed E-state index contributed by atoms with van der Waals surface area (Å²) in [6, 6.07) is 0. The number of aromatic nitrogens is 2. The van der Waals surface area contributed by atoms with Crippen LogP contribution in [0.15, 0.2) is 12.4 Å². The zero-order valence-corrected chi connectivity index (χ0v) is 13.6. The minimum Gasteiger partial charge on any atom is -0.298 e. The predicted molar refractivity (Wildman–Crippen MR) is 81.2 cm³/mol. The summed E-state index contributed by atoms with van der Waals surface area (Å²) < 4.78 is 27.0. The molecule has 1 aromatic rings. The maximum absolute atomic E-state index is 11.7. The van der Waals surface area contributed by atoms with Crippen molar-refractivity contribution in [3.8, 4) is 0 Å². The second-order valence-corrected chi connectivity index (χ2v) is 8.67. The molecule has 0 unspecified atom stereocenters. The Hall–Kier alpha value is -0.920. The molecular formula is C14H24N4O2S. The van der Waals surface area contributed by atoms with Gasteiger partial charge in [-0.05, 0) is 31.2 Å². The fourth-order valence-corrected chi connectivity index (χ4v) is 4.70. The number of hydrogen-bond acceptors (Lipinski definition) is 4. The van der Waals surface area contributed by atoms with Crippen molar-refractivity contribution < 1.29 is 8.42 Å². The second kappa shape index (κ2) is 5.37. The topological polar surface area (TPSA) is 58.4 Å². The number of piperidine rings is 1. The molecule has 0 bridgehead atoms. The lowest BCUT2D eigenvalue weighted by atomic mass is 9.79. The van der Waals surface area contributed by atoms with Crippen LogP contribution in [-0.2, 0) is 23.6 Å². The lowest BCUT2D eigenvalue weighted by Gasteiger charge is -2.40. The van der Waals surface area contributed by atoms with Crippen LogP contribution in [-0.4, -0.2) is 59.8 Å². The van der Waals surface area contributed by atoms with Gasteiger partial charge in [0.15, 0.2) is 0 Å². The molecule has 0 aromatic carbocycles. The fourth-order valence-electron chi connectivity index (χ4n) is 3.77. The van der Waals surface area contributed by atoms with Crippen LogP contribution in [0.25, 0.3) is 0 Å². The molecule has 6 nitrogen and oxygen atoms in total. The quantitative estimate of drug-likeness (QED) is 0.823. The van der Waals surface area contributed by atoms with E-state index < -0.39 is 10.0 Å². The average Bonchev–Trinajstić information content (AvgIpc) is 2.97. The molecule has 0 N–H and O–H groups in total. The number of nitrogens with zero attached hydrogens (tertiary/aromatic N) is 4. The first-order chi connectivity index (χ1) is 9.86. The molecule has 0 aliphatic carbocycles. The molecule has 3 rings (SSSR count). The third-order valence-electron chi connectivity index (χ3n) is 4.78. The van der Waals surface area contributed by atoms with E-state index in [1.165, 1.54) is 11.8 Å². The Morgan fingerprint density at radius 2 is 2.10 bits per heavy atom. The Morgan fingerprint density at radius 1 is 1.29 bits per heavy atom. The van der Waals surface area contributed by atoms with E-state index in [0.717, 1.165) is 38.9 Å². The van der Waals surface area contributed by atoms with Crippen molar-refractivity contribution in [3.63, 3.8) is 0 Å². The summed E-state index contributed by atoms with van der Waals surface area (Å²) in [7, 11) is -1.12. The van der Waals surface area contributed by atoms with Crippen molar-refractivity contribution in [3.05, 3.63) is 18.0 Å². The van der Waals surface area contributed by atoms with Crippen molar-refractivity contribution >= 4 is 10.0 Å². The summed E-state index contributed by atoms with van der Waals surface area (Å²) in [6.45, 7) is 4.37. The Bertz CT molecular complexity index is 612. The maximum atomic E-state index is 11.7. The summed E-state index contributed by atoms with van der Waals surface area (Å²) in [5.41, 5.74) is 1.39. The Balaban J connectivity index is 1.66. The number of sulfonamides is 1. The van der Waals surface area contributed by atoms with Gasteiger partial charge in [-0.2, -0.15) is 5.10 Å². The SMILES string of the molecule is Cn1cc(CN2CCC[C@@]3(CCN(S(C)(=O)=O)C3)C2)cn1. The van der Waals surface area contributed by atoms with Gasteiger partial charge in [0.25, 0.3) is 0 Å². The van der Waals surface area contributed by atoms with Gasteiger partial charge in [0.1, 0.15) is 0 Å². The highest BCUT2D eigenvalue weighted by atomic mass is 32.2. The van der Waals surface area contributed by atoms with E-state index in [2.05, 4.69) is 16.2 Å². The van der Waals surface area contributed by atoms with Crippen molar-refractivity contribution in [2.24, 2.45) is 12.5 Å². The van der Waals surface area contributed by atoms with Crippen LogP contribution in [0.5, 0.6) is 0 Å². The van der Waals surface area contributed by atoms with Gasteiger partial charge in [-0.3, -0.25) is 9.58 Å². The van der Waals surface area contributed by atoms with Crippen LogP contribution in [0.3, 0.4) is 0 Å². The smallest absolute Gasteiger partial charge is 0.211 e. The molecule has 2 saturated heterocycles. The lowest BCUT2D eigenvalue weighted by Crippen LogP contribution is -2.44. The zero-order chi connectivity index (χ0) is 15.1. The van der Waals surface area contributed by atoms with Crippen molar-refractivity contribution in [2.75, 3.05) is 32.4 Å². The molecule has 0 amide bonds. The summed E-state index contributed by atoms with van der Waals surface area (Å²) in [5.74, 6) is 0. The van der Waals surface area contributed by atoms with Crippen LogP contribution in [0, 0.1) is 5.41 Å². The number of aryl methyl sites for hydroxylation is 1. The summed E-state index contributed by atoms with van der Waals surface area (Å²) >= 11 is 0. The molecule has 1 aromatic heterocycles. The largest absolute Gasteiger partial charge is 0.298 e. The lowest BCUT2D eigenvalue weighted by molar-refractivity contribution is 0.0935. The molecular weight excluding hydrogens is 288 g/mol. The summed E-state index contributed by atoms with van der Waals surface area (Å²) in [6.07, 6.45) is 8.57. The van der Waals surface area contributed by atoms with E-state index in [9.17, 15) is 8.42 Å². The van der Waals surface area contributed by atoms with Gasteiger partial charge in [0.05, 0.1) is 12.5 Å².